The van der Waals surface area contributed by atoms with Crippen LogP contribution in [-0.4, -0.2) is 37.4 Å². The van der Waals surface area contributed by atoms with Crippen molar-refractivity contribution in [2.24, 2.45) is 0 Å². The van der Waals surface area contributed by atoms with Crippen LogP contribution in [0.3, 0.4) is 0 Å². The summed E-state index contributed by atoms with van der Waals surface area (Å²) in [6, 6.07) is 8.39. The van der Waals surface area contributed by atoms with Gasteiger partial charge in [-0.3, -0.25) is 15.0 Å². The third-order valence-electron chi connectivity index (χ3n) is 4.68. The summed E-state index contributed by atoms with van der Waals surface area (Å²) in [5.41, 5.74) is 1.77. The fourth-order valence-electron chi connectivity index (χ4n) is 3.18. The van der Waals surface area contributed by atoms with Crippen LogP contribution in [0.15, 0.2) is 39.9 Å². The van der Waals surface area contributed by atoms with E-state index in [0.717, 1.165) is 31.5 Å². The molecule has 140 valence electrons. The van der Waals surface area contributed by atoms with Gasteiger partial charge in [0.05, 0.1) is 4.92 Å². The molecule has 0 saturated carbocycles. The van der Waals surface area contributed by atoms with Crippen LogP contribution >= 0.6 is 11.3 Å². The molecule has 1 aliphatic rings. The molecule has 0 aliphatic carbocycles. The number of nitro groups is 1. The van der Waals surface area contributed by atoms with Gasteiger partial charge in [0, 0.05) is 37.3 Å². The Morgan fingerprint density at radius 1 is 1.27 bits per heavy atom. The highest BCUT2D eigenvalue weighted by atomic mass is 32.2. The molecular weight excluding hydrogens is 374 g/mol. The van der Waals surface area contributed by atoms with Crippen molar-refractivity contribution >= 4 is 27.0 Å². The van der Waals surface area contributed by atoms with Crippen molar-refractivity contribution < 1.29 is 13.3 Å². The first-order valence-corrected chi connectivity index (χ1v) is 10.7. The second-order valence-corrected chi connectivity index (χ2v) is 9.31. The Morgan fingerprint density at radius 2 is 2.00 bits per heavy atom. The molecule has 2 heterocycles. The predicted octanol–water partition coefficient (Wildman–Crippen LogP) is 2.91. The van der Waals surface area contributed by atoms with Gasteiger partial charge in [-0.1, -0.05) is 18.2 Å². The van der Waals surface area contributed by atoms with E-state index < -0.39 is 10.0 Å². The van der Waals surface area contributed by atoms with E-state index in [0.29, 0.717) is 16.3 Å². The van der Waals surface area contributed by atoms with Crippen molar-refractivity contribution in [2.75, 3.05) is 13.1 Å². The monoisotopic (exact) mass is 395 g/mol. The largest absolute Gasteiger partial charge is 0.299 e. The lowest BCUT2D eigenvalue weighted by atomic mass is 10.0. The maximum absolute atomic E-state index is 12.3. The second kappa shape index (κ2) is 7.83. The molecule has 0 radical (unpaired) electrons. The maximum Gasteiger partial charge on any atom is 0.272 e. The van der Waals surface area contributed by atoms with Crippen LogP contribution in [-0.2, 0) is 16.6 Å². The maximum atomic E-state index is 12.3. The average Bonchev–Trinajstić information content (AvgIpc) is 3.13. The third-order valence-corrected chi connectivity index (χ3v) is 7.60. The van der Waals surface area contributed by atoms with Crippen LogP contribution in [0.1, 0.15) is 24.0 Å². The van der Waals surface area contributed by atoms with Gasteiger partial charge in [0.15, 0.2) is 0 Å². The Morgan fingerprint density at radius 3 is 2.62 bits per heavy atom. The first kappa shape index (κ1) is 19.0. The van der Waals surface area contributed by atoms with Gasteiger partial charge in [0.25, 0.3) is 5.69 Å². The minimum Gasteiger partial charge on any atom is -0.299 e. The van der Waals surface area contributed by atoms with E-state index in [9.17, 15) is 18.5 Å². The lowest BCUT2D eigenvalue weighted by Crippen LogP contribution is -2.44. The molecule has 0 amide bonds. The summed E-state index contributed by atoms with van der Waals surface area (Å²) in [5.74, 6) is 0. The van der Waals surface area contributed by atoms with Gasteiger partial charge in [0.1, 0.15) is 4.21 Å². The molecule has 0 spiro atoms. The van der Waals surface area contributed by atoms with Gasteiger partial charge < -0.3 is 0 Å². The molecule has 1 saturated heterocycles. The number of rotatable bonds is 6. The first-order chi connectivity index (χ1) is 12.4. The van der Waals surface area contributed by atoms with Crippen LogP contribution in [0.2, 0.25) is 0 Å². The van der Waals surface area contributed by atoms with E-state index in [1.807, 2.05) is 6.07 Å². The van der Waals surface area contributed by atoms with Gasteiger partial charge in [-0.05, 0) is 36.8 Å². The Kier molecular flexibility index (Phi) is 5.71. The molecule has 1 aliphatic heterocycles. The predicted molar refractivity (Wildman–Crippen MR) is 101 cm³/mol. The molecule has 1 aromatic carbocycles. The minimum absolute atomic E-state index is 0.0791. The van der Waals surface area contributed by atoms with E-state index >= 15 is 0 Å². The Labute approximate surface area is 156 Å². The molecule has 2 aromatic rings. The highest BCUT2D eigenvalue weighted by Gasteiger charge is 2.25. The van der Waals surface area contributed by atoms with Crippen LogP contribution in [0.25, 0.3) is 0 Å². The molecule has 0 atom stereocenters. The van der Waals surface area contributed by atoms with Crippen molar-refractivity contribution in [2.45, 2.75) is 36.6 Å². The zero-order chi connectivity index (χ0) is 18.7. The first-order valence-electron chi connectivity index (χ1n) is 8.38. The Bertz CT molecular complexity index is 873. The molecule has 0 bridgehead atoms. The van der Waals surface area contributed by atoms with Crippen LogP contribution in [0.4, 0.5) is 5.69 Å². The van der Waals surface area contributed by atoms with Crippen molar-refractivity contribution in [1.29, 1.82) is 0 Å². The summed E-state index contributed by atoms with van der Waals surface area (Å²) in [7, 11) is -3.44. The number of nitro benzene ring substituents is 1. The SMILES string of the molecule is Cc1c(CN2CCC(NS(=O)(=O)c3cccs3)CC2)cccc1[N+](=O)[O-]. The van der Waals surface area contributed by atoms with Crippen molar-refractivity contribution in [3.63, 3.8) is 0 Å². The average molecular weight is 396 g/mol. The third kappa shape index (κ3) is 4.29. The van der Waals surface area contributed by atoms with Crippen molar-refractivity contribution in [3.05, 3.63) is 57.0 Å². The molecule has 0 unspecified atom stereocenters. The lowest BCUT2D eigenvalue weighted by molar-refractivity contribution is -0.385. The second-order valence-electron chi connectivity index (χ2n) is 6.42. The zero-order valence-corrected chi connectivity index (χ0v) is 16.1. The number of hydrogen-bond donors (Lipinski definition) is 1. The number of benzene rings is 1. The Hall–Kier alpha value is -1.81. The summed E-state index contributed by atoms with van der Waals surface area (Å²) in [6.07, 6.45) is 1.44. The standard InChI is InChI=1S/C17H21N3O4S2/c1-13-14(4-2-5-16(13)20(21)22)12-19-9-7-15(8-10-19)18-26(23,24)17-6-3-11-25-17/h2-6,11,15,18H,7-10,12H2,1H3. The van der Waals surface area contributed by atoms with Gasteiger partial charge in [-0.25, -0.2) is 13.1 Å². The Balaban J connectivity index is 1.58. The number of likely N-dealkylation sites (tertiary alicyclic amines) is 1. The van der Waals surface area contributed by atoms with E-state index in [1.54, 1.807) is 30.5 Å². The summed E-state index contributed by atoms with van der Waals surface area (Å²) in [5, 5.41) is 12.8. The highest BCUT2D eigenvalue weighted by molar-refractivity contribution is 7.91. The van der Waals surface area contributed by atoms with Gasteiger partial charge in [0.2, 0.25) is 10.0 Å². The smallest absolute Gasteiger partial charge is 0.272 e. The molecule has 9 heteroatoms. The van der Waals surface area contributed by atoms with E-state index in [-0.39, 0.29) is 16.7 Å². The summed E-state index contributed by atoms with van der Waals surface area (Å²) in [6.45, 7) is 3.91. The fourth-order valence-corrected chi connectivity index (χ4v) is 5.50. The van der Waals surface area contributed by atoms with E-state index in [1.165, 1.54) is 17.4 Å². The highest BCUT2D eigenvalue weighted by Crippen LogP contribution is 2.24. The van der Waals surface area contributed by atoms with Gasteiger partial charge >= 0.3 is 0 Å². The van der Waals surface area contributed by atoms with Crippen molar-refractivity contribution in [3.8, 4) is 0 Å². The number of nitrogens with zero attached hydrogens (tertiary/aromatic N) is 2. The van der Waals surface area contributed by atoms with E-state index in [4.69, 9.17) is 0 Å². The summed E-state index contributed by atoms with van der Waals surface area (Å²) >= 11 is 1.21. The molecule has 1 aromatic heterocycles. The van der Waals surface area contributed by atoms with Crippen molar-refractivity contribution in [1.82, 2.24) is 9.62 Å². The number of thiophene rings is 1. The molecule has 1 fully saturated rings. The minimum atomic E-state index is -3.44. The number of piperidine rings is 1. The molecule has 7 nitrogen and oxygen atoms in total. The number of hydrogen-bond acceptors (Lipinski definition) is 6. The normalized spacial score (nSPS) is 16.7. The van der Waals surface area contributed by atoms with Crippen LogP contribution < -0.4 is 4.72 Å². The molecule has 26 heavy (non-hydrogen) atoms. The molecule has 1 N–H and O–H groups in total. The quantitative estimate of drug-likeness (QED) is 0.600. The number of nitrogens with one attached hydrogen (secondary N) is 1. The zero-order valence-electron chi connectivity index (χ0n) is 14.4. The number of sulfonamides is 1. The van der Waals surface area contributed by atoms with Crippen LogP contribution in [0, 0.1) is 17.0 Å². The molecule has 3 rings (SSSR count). The van der Waals surface area contributed by atoms with Crippen LogP contribution in [0.5, 0.6) is 0 Å². The van der Waals surface area contributed by atoms with Gasteiger partial charge in [-0.2, -0.15) is 0 Å². The summed E-state index contributed by atoms with van der Waals surface area (Å²) in [4.78, 5) is 12.9. The fraction of sp³-hybridized carbons (Fsp3) is 0.412. The topological polar surface area (TPSA) is 92.6 Å². The molecular formula is C17H21N3O4S2. The lowest BCUT2D eigenvalue weighted by Gasteiger charge is -2.32. The van der Waals surface area contributed by atoms with E-state index in [2.05, 4.69) is 9.62 Å². The summed E-state index contributed by atoms with van der Waals surface area (Å²) < 4.78 is 27.7. The van der Waals surface area contributed by atoms with Gasteiger partial charge in [-0.15, -0.1) is 11.3 Å².